The van der Waals surface area contributed by atoms with E-state index in [0.717, 1.165) is 26.8 Å². The number of hydrogen-bond donors (Lipinski definition) is 1. The van der Waals surface area contributed by atoms with Gasteiger partial charge in [-0.3, -0.25) is 4.98 Å². The maximum absolute atomic E-state index is 11.8. The van der Waals surface area contributed by atoms with Gasteiger partial charge < -0.3 is 10.1 Å². The second-order valence-electron chi connectivity index (χ2n) is 7.49. The molecule has 0 spiro atoms. The van der Waals surface area contributed by atoms with E-state index in [9.17, 15) is 4.79 Å². The minimum atomic E-state index is -0.510. The van der Waals surface area contributed by atoms with Gasteiger partial charge in [0.1, 0.15) is 10.6 Å². The van der Waals surface area contributed by atoms with Crippen molar-refractivity contribution in [2.75, 3.05) is 0 Å². The normalized spacial score (nSPS) is 11.3. The first-order valence-electron chi connectivity index (χ1n) is 9.46. The van der Waals surface area contributed by atoms with E-state index < -0.39 is 11.7 Å². The van der Waals surface area contributed by atoms with Crippen LogP contribution in [0.5, 0.6) is 0 Å². The average Bonchev–Trinajstić information content (AvgIpc) is 3.13. The molecule has 1 N–H and O–H groups in total. The van der Waals surface area contributed by atoms with Gasteiger partial charge in [0.25, 0.3) is 0 Å². The summed E-state index contributed by atoms with van der Waals surface area (Å²) in [5, 5.41) is 3.60. The molecule has 152 valence electrons. The number of nitrogens with one attached hydrogen (secondary N) is 1. The van der Waals surface area contributed by atoms with Crippen LogP contribution in [0.25, 0.3) is 11.1 Å². The van der Waals surface area contributed by atoms with Crippen molar-refractivity contribution in [2.24, 2.45) is 0 Å². The van der Waals surface area contributed by atoms with E-state index in [0.29, 0.717) is 6.54 Å². The summed E-state index contributed by atoms with van der Waals surface area (Å²) in [7, 11) is 0. The van der Waals surface area contributed by atoms with Crippen molar-refractivity contribution in [2.45, 2.75) is 55.4 Å². The molecular weight excluding hydrogens is 402 g/mol. The highest BCUT2D eigenvalue weighted by molar-refractivity contribution is 8.01. The number of ether oxygens (including phenoxy) is 1. The molecule has 29 heavy (non-hydrogen) atoms. The standard InChI is InChI=1S/C22H25N3O2S2/c1-5-15-9-17(16-7-6-8-23-12-16)11-18(10-15)28-20-14-24-19(29-20)13-25-21(26)27-22(2,3)4/h6-12,14H,5,13H2,1-4H3,(H,25,26). The zero-order valence-corrected chi connectivity index (χ0v) is 18.7. The Balaban J connectivity index is 1.68. The van der Waals surface area contributed by atoms with Gasteiger partial charge in [-0.1, -0.05) is 30.8 Å². The summed E-state index contributed by atoms with van der Waals surface area (Å²) in [6.07, 6.45) is 6.06. The molecule has 2 heterocycles. The van der Waals surface area contributed by atoms with E-state index in [1.807, 2.05) is 39.2 Å². The zero-order chi connectivity index (χ0) is 20.9. The van der Waals surface area contributed by atoms with Crippen LogP contribution in [0.2, 0.25) is 0 Å². The fraction of sp³-hybridized carbons (Fsp3) is 0.318. The number of pyridine rings is 1. The predicted molar refractivity (Wildman–Crippen MR) is 118 cm³/mol. The van der Waals surface area contributed by atoms with Crippen LogP contribution in [0, 0.1) is 0 Å². The Morgan fingerprint density at radius 2 is 2.03 bits per heavy atom. The predicted octanol–water partition coefficient (Wildman–Crippen LogP) is 5.94. The third kappa shape index (κ3) is 6.58. The number of aromatic nitrogens is 2. The molecule has 0 aliphatic rings. The van der Waals surface area contributed by atoms with Crippen LogP contribution >= 0.6 is 23.1 Å². The minimum Gasteiger partial charge on any atom is -0.444 e. The fourth-order valence-corrected chi connectivity index (χ4v) is 4.69. The lowest BCUT2D eigenvalue weighted by molar-refractivity contribution is 0.0523. The maximum Gasteiger partial charge on any atom is 0.408 e. The first-order chi connectivity index (χ1) is 13.8. The number of rotatable bonds is 6. The van der Waals surface area contributed by atoms with Crippen LogP contribution < -0.4 is 5.32 Å². The van der Waals surface area contributed by atoms with E-state index in [1.54, 1.807) is 29.3 Å². The van der Waals surface area contributed by atoms with Crippen LogP contribution in [0.3, 0.4) is 0 Å². The molecular formula is C22H25N3O2S2. The van der Waals surface area contributed by atoms with Crippen LogP contribution in [-0.2, 0) is 17.7 Å². The van der Waals surface area contributed by atoms with E-state index in [-0.39, 0.29) is 0 Å². The van der Waals surface area contributed by atoms with Gasteiger partial charge in [-0.2, -0.15) is 0 Å². The third-order valence-corrected chi connectivity index (χ3v) is 5.97. The largest absolute Gasteiger partial charge is 0.444 e. The van der Waals surface area contributed by atoms with Gasteiger partial charge in [-0.25, -0.2) is 9.78 Å². The van der Waals surface area contributed by atoms with Gasteiger partial charge in [-0.05, 0) is 56.5 Å². The summed E-state index contributed by atoms with van der Waals surface area (Å²) >= 11 is 3.25. The number of hydrogen-bond acceptors (Lipinski definition) is 6. The number of alkyl carbamates (subject to hydrolysis) is 1. The van der Waals surface area contributed by atoms with E-state index in [1.165, 1.54) is 10.5 Å². The van der Waals surface area contributed by atoms with Gasteiger partial charge in [0.05, 0.1) is 17.0 Å². The molecule has 3 rings (SSSR count). The van der Waals surface area contributed by atoms with Crippen LogP contribution in [0.4, 0.5) is 4.79 Å². The lowest BCUT2D eigenvalue weighted by atomic mass is 10.0. The summed E-state index contributed by atoms with van der Waals surface area (Å²) in [5.41, 5.74) is 3.04. The summed E-state index contributed by atoms with van der Waals surface area (Å²) in [5.74, 6) is 0. The molecule has 0 aliphatic heterocycles. The molecule has 0 bridgehead atoms. The molecule has 0 saturated carbocycles. The number of nitrogens with zero attached hydrogens (tertiary/aromatic N) is 2. The maximum atomic E-state index is 11.8. The summed E-state index contributed by atoms with van der Waals surface area (Å²) in [6.45, 7) is 8.04. The first kappa shape index (κ1) is 21.3. The minimum absolute atomic E-state index is 0.357. The van der Waals surface area contributed by atoms with E-state index in [2.05, 4.69) is 46.5 Å². The van der Waals surface area contributed by atoms with Crippen molar-refractivity contribution in [3.05, 3.63) is 59.5 Å². The Bertz CT molecular complexity index is 966. The molecule has 1 aromatic carbocycles. The highest BCUT2D eigenvalue weighted by atomic mass is 32.2. The monoisotopic (exact) mass is 427 g/mol. The topological polar surface area (TPSA) is 64.1 Å². The Labute approximate surface area is 179 Å². The molecule has 0 unspecified atom stereocenters. The van der Waals surface area contributed by atoms with Crippen LogP contribution in [-0.4, -0.2) is 21.7 Å². The van der Waals surface area contributed by atoms with Crippen molar-refractivity contribution in [1.29, 1.82) is 0 Å². The van der Waals surface area contributed by atoms with Gasteiger partial charge in [-0.15, -0.1) is 11.3 Å². The molecule has 0 fully saturated rings. The Morgan fingerprint density at radius 3 is 2.72 bits per heavy atom. The Hall–Kier alpha value is -2.38. The van der Waals surface area contributed by atoms with Crippen molar-refractivity contribution in [3.63, 3.8) is 0 Å². The van der Waals surface area contributed by atoms with Crippen LogP contribution in [0.1, 0.15) is 38.3 Å². The fourth-order valence-electron chi connectivity index (χ4n) is 2.62. The smallest absolute Gasteiger partial charge is 0.408 e. The highest BCUT2D eigenvalue weighted by Crippen LogP contribution is 2.35. The molecule has 0 atom stereocenters. The number of benzene rings is 1. The number of thiazole rings is 1. The van der Waals surface area contributed by atoms with Crippen LogP contribution in [0.15, 0.2) is 58.0 Å². The number of carbonyl (C=O) groups excluding carboxylic acids is 1. The van der Waals surface area contributed by atoms with Gasteiger partial charge in [0, 0.05) is 22.9 Å². The van der Waals surface area contributed by atoms with E-state index >= 15 is 0 Å². The SMILES string of the molecule is CCc1cc(Sc2cnc(CNC(=O)OC(C)(C)C)s2)cc(-c2cccnc2)c1. The molecule has 0 radical (unpaired) electrons. The second kappa shape index (κ2) is 9.41. The van der Waals surface area contributed by atoms with Crippen molar-refractivity contribution < 1.29 is 9.53 Å². The van der Waals surface area contributed by atoms with Crippen molar-refractivity contribution >= 4 is 29.2 Å². The highest BCUT2D eigenvalue weighted by Gasteiger charge is 2.16. The van der Waals surface area contributed by atoms with Gasteiger partial charge in [0.15, 0.2) is 0 Å². The lowest BCUT2D eigenvalue weighted by Gasteiger charge is -2.19. The molecule has 0 aliphatic carbocycles. The number of amides is 1. The molecule has 7 heteroatoms. The Morgan fingerprint density at radius 1 is 1.21 bits per heavy atom. The molecule has 5 nitrogen and oxygen atoms in total. The van der Waals surface area contributed by atoms with Crippen molar-refractivity contribution in [1.82, 2.24) is 15.3 Å². The molecule has 2 aromatic heterocycles. The van der Waals surface area contributed by atoms with Gasteiger partial charge in [0.2, 0.25) is 0 Å². The average molecular weight is 428 g/mol. The summed E-state index contributed by atoms with van der Waals surface area (Å²) in [4.78, 5) is 21.6. The summed E-state index contributed by atoms with van der Waals surface area (Å²) in [6, 6.07) is 10.6. The number of carbonyl (C=O) groups is 1. The zero-order valence-electron chi connectivity index (χ0n) is 17.1. The van der Waals surface area contributed by atoms with Gasteiger partial charge >= 0.3 is 6.09 Å². The molecule has 1 amide bonds. The van der Waals surface area contributed by atoms with E-state index in [4.69, 9.17) is 4.74 Å². The van der Waals surface area contributed by atoms with Crippen molar-refractivity contribution in [3.8, 4) is 11.1 Å². The third-order valence-electron chi connectivity index (χ3n) is 3.90. The number of aryl methyl sites for hydroxylation is 1. The second-order valence-corrected chi connectivity index (χ2v) is 9.98. The summed E-state index contributed by atoms with van der Waals surface area (Å²) < 4.78 is 6.34. The quantitative estimate of drug-likeness (QED) is 0.527. The first-order valence-corrected chi connectivity index (χ1v) is 11.1. The Kier molecular flexibility index (Phi) is 6.92. The molecule has 3 aromatic rings. The lowest BCUT2D eigenvalue weighted by Crippen LogP contribution is -2.32. The molecule has 0 saturated heterocycles.